The summed E-state index contributed by atoms with van der Waals surface area (Å²) in [5.74, 6) is 2.27. The molecule has 0 bridgehead atoms. The maximum Gasteiger partial charge on any atom is 0.245 e. The van der Waals surface area contributed by atoms with Gasteiger partial charge in [0.15, 0.2) is 0 Å². The summed E-state index contributed by atoms with van der Waals surface area (Å²) >= 11 is 0. The molecule has 2 aromatic carbocycles. The van der Waals surface area contributed by atoms with Crippen LogP contribution in [0, 0.1) is 11.7 Å². The van der Waals surface area contributed by atoms with Crippen LogP contribution in [0.5, 0.6) is 17.2 Å². The highest BCUT2D eigenvalue weighted by molar-refractivity contribution is 5.95. The van der Waals surface area contributed by atoms with Crippen LogP contribution in [0.4, 0.5) is 27.4 Å². The van der Waals surface area contributed by atoms with E-state index in [-0.39, 0.29) is 23.6 Å². The van der Waals surface area contributed by atoms with E-state index in [0.717, 1.165) is 24.3 Å². The summed E-state index contributed by atoms with van der Waals surface area (Å²) in [6.07, 6.45) is 5.97. The van der Waals surface area contributed by atoms with E-state index in [4.69, 9.17) is 9.47 Å². The van der Waals surface area contributed by atoms with E-state index in [1.165, 1.54) is 18.5 Å². The van der Waals surface area contributed by atoms with Gasteiger partial charge in [-0.25, -0.2) is 19.3 Å². The summed E-state index contributed by atoms with van der Waals surface area (Å²) in [4.78, 5) is 29.1. The van der Waals surface area contributed by atoms with Crippen LogP contribution in [-0.2, 0) is 4.79 Å². The first-order chi connectivity index (χ1) is 22.1. The van der Waals surface area contributed by atoms with Crippen LogP contribution in [0.15, 0.2) is 67.6 Å². The quantitative estimate of drug-likeness (QED) is 0.194. The predicted octanol–water partition coefficient (Wildman–Crippen LogP) is 5.50. The Morgan fingerprint density at radius 2 is 1.83 bits per heavy atom. The molecule has 1 amide bonds. The average Bonchev–Trinajstić information content (AvgIpc) is 3.01. The molecule has 2 fully saturated rings. The summed E-state index contributed by atoms with van der Waals surface area (Å²) in [6.45, 7) is 9.89. The molecule has 2 aliphatic heterocycles. The summed E-state index contributed by atoms with van der Waals surface area (Å²) in [5, 5.41) is 17.6. The Morgan fingerprint density at radius 1 is 1.07 bits per heavy atom. The molecule has 4 heterocycles. The Morgan fingerprint density at radius 3 is 2.52 bits per heavy atom. The van der Waals surface area contributed by atoms with Crippen LogP contribution >= 0.6 is 0 Å². The Bertz CT molecular complexity index is 1750. The van der Waals surface area contributed by atoms with Crippen LogP contribution in [0.3, 0.4) is 0 Å². The number of benzene rings is 2. The molecule has 2 aliphatic rings. The number of nitrogens with one attached hydrogen (secondary N) is 2. The monoisotopic (exact) mass is 627 g/mol. The third-order valence-corrected chi connectivity index (χ3v) is 8.65. The Hall–Kier alpha value is -4.97. The SMILES string of the molecule is C=CC(=O)N1CCC(Nc2cc3c(Nc4ccc(Oc5ccnc(N6CC(C(C)(C)O)C6)c5)cc4F)ncnc3cc2OC)CC1. The fourth-order valence-corrected chi connectivity index (χ4v) is 5.73. The number of anilines is 4. The zero-order valence-electron chi connectivity index (χ0n) is 26.2. The highest BCUT2D eigenvalue weighted by Crippen LogP contribution is 2.36. The van der Waals surface area contributed by atoms with E-state index in [9.17, 15) is 9.90 Å². The highest BCUT2D eigenvalue weighted by atomic mass is 19.1. The minimum Gasteiger partial charge on any atom is -0.495 e. The topological polar surface area (TPSA) is 125 Å². The van der Waals surface area contributed by atoms with Crippen LogP contribution < -0.4 is 25.0 Å². The Kier molecular flexibility index (Phi) is 8.63. The van der Waals surface area contributed by atoms with Gasteiger partial charge in [0, 0.05) is 67.9 Å². The maximum absolute atomic E-state index is 15.4. The van der Waals surface area contributed by atoms with Gasteiger partial charge in [-0.05, 0) is 57.0 Å². The average molecular weight is 628 g/mol. The molecule has 2 aromatic heterocycles. The standard InChI is InChI=1S/C34H38FN7O4/c1-5-32(43)41-12-9-22(10-13-41)39-29-16-25-28(17-30(29)45-4)37-20-38-33(25)40-27-7-6-23(14-26(27)35)46-24-8-11-36-31(15-24)42-18-21(19-42)34(2,3)44/h5-8,11,14-17,20-22,39,44H,1,9-10,12-13,18-19H2,2-4H3,(H,37,38,40). The third kappa shape index (κ3) is 6.66. The number of hydrogen-bond donors (Lipinski definition) is 3. The molecule has 12 heteroatoms. The number of fused-ring (bicyclic) bond motifs is 1. The lowest BCUT2D eigenvalue weighted by Gasteiger charge is -2.45. The minimum atomic E-state index is -0.741. The van der Waals surface area contributed by atoms with Crippen molar-refractivity contribution in [3.05, 3.63) is 73.5 Å². The van der Waals surface area contributed by atoms with Crippen LogP contribution in [0.1, 0.15) is 26.7 Å². The molecule has 2 saturated heterocycles. The van der Waals surface area contributed by atoms with Gasteiger partial charge < -0.3 is 35.0 Å². The van der Waals surface area contributed by atoms with Crippen LogP contribution in [0.2, 0.25) is 0 Å². The number of amides is 1. The lowest BCUT2D eigenvalue weighted by Crippen LogP contribution is -2.56. The number of piperidine rings is 1. The molecule has 6 rings (SSSR count). The number of halogens is 1. The Balaban J connectivity index is 1.16. The second-order valence-corrected chi connectivity index (χ2v) is 12.2. The number of ether oxygens (including phenoxy) is 2. The first kappa shape index (κ1) is 31.0. The zero-order chi connectivity index (χ0) is 32.4. The normalized spacial score (nSPS) is 15.8. The van der Waals surface area contributed by atoms with Gasteiger partial charge in [0.1, 0.15) is 41.0 Å². The molecule has 0 radical (unpaired) electrons. The molecule has 0 unspecified atom stereocenters. The van der Waals surface area contributed by atoms with Crippen molar-refractivity contribution < 1.29 is 23.8 Å². The number of rotatable bonds is 10. The molecular formula is C34H38FN7O4. The van der Waals surface area contributed by atoms with E-state index < -0.39 is 11.4 Å². The molecule has 11 nitrogen and oxygen atoms in total. The van der Waals surface area contributed by atoms with Gasteiger partial charge in [-0.2, -0.15) is 0 Å². The lowest BCUT2D eigenvalue weighted by atomic mass is 9.84. The number of nitrogens with zero attached hydrogens (tertiary/aromatic N) is 5. The first-order valence-corrected chi connectivity index (χ1v) is 15.3. The number of aromatic nitrogens is 3. The number of carbonyl (C=O) groups is 1. The number of pyridine rings is 1. The van der Waals surface area contributed by atoms with E-state index in [2.05, 4.69) is 37.1 Å². The summed E-state index contributed by atoms with van der Waals surface area (Å²) in [6, 6.07) is 12.0. The minimum absolute atomic E-state index is 0.0584. The number of methoxy groups -OCH3 is 1. The molecule has 240 valence electrons. The van der Waals surface area contributed by atoms with Gasteiger partial charge in [-0.15, -0.1) is 0 Å². The van der Waals surface area contributed by atoms with E-state index in [1.54, 1.807) is 36.4 Å². The van der Waals surface area contributed by atoms with Crippen molar-refractivity contribution in [2.75, 3.05) is 48.8 Å². The fourth-order valence-electron chi connectivity index (χ4n) is 5.73. The largest absolute Gasteiger partial charge is 0.495 e. The maximum atomic E-state index is 15.4. The molecule has 0 aliphatic carbocycles. The smallest absolute Gasteiger partial charge is 0.245 e. The molecule has 4 aromatic rings. The number of likely N-dealkylation sites (tertiary alicyclic amines) is 1. The zero-order valence-corrected chi connectivity index (χ0v) is 26.2. The molecule has 0 spiro atoms. The van der Waals surface area contributed by atoms with Crippen molar-refractivity contribution in [1.82, 2.24) is 19.9 Å². The summed E-state index contributed by atoms with van der Waals surface area (Å²) < 4.78 is 27.0. The third-order valence-electron chi connectivity index (χ3n) is 8.65. The number of hydrogen-bond acceptors (Lipinski definition) is 10. The van der Waals surface area contributed by atoms with Gasteiger partial charge in [0.05, 0.1) is 29.6 Å². The van der Waals surface area contributed by atoms with E-state index in [1.807, 2.05) is 32.0 Å². The van der Waals surface area contributed by atoms with Gasteiger partial charge in [-0.1, -0.05) is 6.58 Å². The first-order valence-electron chi connectivity index (χ1n) is 15.3. The van der Waals surface area contributed by atoms with E-state index in [0.29, 0.717) is 60.1 Å². The van der Waals surface area contributed by atoms with Crippen molar-refractivity contribution in [3.8, 4) is 17.2 Å². The second kappa shape index (κ2) is 12.8. The molecular weight excluding hydrogens is 589 g/mol. The van der Waals surface area contributed by atoms with Crippen molar-refractivity contribution in [2.24, 2.45) is 5.92 Å². The highest BCUT2D eigenvalue weighted by Gasteiger charge is 2.38. The van der Waals surface area contributed by atoms with Crippen molar-refractivity contribution in [3.63, 3.8) is 0 Å². The van der Waals surface area contributed by atoms with Gasteiger partial charge in [0.25, 0.3) is 0 Å². The van der Waals surface area contributed by atoms with E-state index >= 15 is 4.39 Å². The van der Waals surface area contributed by atoms with Gasteiger partial charge >= 0.3 is 0 Å². The lowest BCUT2D eigenvalue weighted by molar-refractivity contribution is -0.126. The molecule has 0 saturated carbocycles. The van der Waals surface area contributed by atoms with Crippen LogP contribution in [-0.4, -0.2) is 75.8 Å². The summed E-state index contributed by atoms with van der Waals surface area (Å²) in [7, 11) is 1.60. The van der Waals surface area contributed by atoms with Gasteiger partial charge in [-0.3, -0.25) is 4.79 Å². The van der Waals surface area contributed by atoms with Crippen molar-refractivity contribution in [1.29, 1.82) is 0 Å². The molecule has 3 N–H and O–H groups in total. The Labute approximate surface area is 267 Å². The van der Waals surface area contributed by atoms with Gasteiger partial charge in [0.2, 0.25) is 5.91 Å². The number of aliphatic hydroxyl groups is 1. The molecule has 0 atom stereocenters. The fraction of sp³-hybridized carbons (Fsp3) is 0.353. The van der Waals surface area contributed by atoms with Crippen molar-refractivity contribution in [2.45, 2.75) is 38.3 Å². The van der Waals surface area contributed by atoms with Crippen molar-refractivity contribution >= 4 is 39.8 Å². The second-order valence-electron chi connectivity index (χ2n) is 12.2. The number of carbonyl (C=O) groups excluding carboxylic acids is 1. The molecule has 46 heavy (non-hydrogen) atoms. The predicted molar refractivity (Wildman–Crippen MR) is 176 cm³/mol. The summed E-state index contributed by atoms with van der Waals surface area (Å²) in [5.41, 5.74) is 0.882. The van der Waals surface area contributed by atoms with Crippen LogP contribution in [0.25, 0.3) is 10.9 Å².